The van der Waals surface area contributed by atoms with Crippen molar-refractivity contribution in [1.82, 2.24) is 19.1 Å². The van der Waals surface area contributed by atoms with Crippen molar-refractivity contribution in [1.29, 1.82) is 0 Å². The first-order valence-corrected chi connectivity index (χ1v) is 12.5. The van der Waals surface area contributed by atoms with Gasteiger partial charge in [0.1, 0.15) is 12.1 Å². The lowest BCUT2D eigenvalue weighted by molar-refractivity contribution is -0.113. The Bertz CT molecular complexity index is 1170. The van der Waals surface area contributed by atoms with Gasteiger partial charge in [-0.25, -0.2) is 8.42 Å². The van der Waals surface area contributed by atoms with E-state index in [4.69, 9.17) is 4.74 Å². The highest BCUT2D eigenvalue weighted by Crippen LogP contribution is 2.24. The monoisotopic (exact) mass is 473 g/mol. The van der Waals surface area contributed by atoms with Gasteiger partial charge in [0.2, 0.25) is 15.9 Å². The molecular formula is C21H23N5O4S2. The smallest absolute Gasteiger partial charge is 0.243 e. The minimum absolute atomic E-state index is 0.128. The number of rotatable bonds is 8. The summed E-state index contributed by atoms with van der Waals surface area (Å²) >= 11 is 1.25. The van der Waals surface area contributed by atoms with Crippen molar-refractivity contribution in [2.75, 3.05) is 31.3 Å². The average Bonchev–Trinajstić information content (AvgIpc) is 3.51. The van der Waals surface area contributed by atoms with Gasteiger partial charge in [0.25, 0.3) is 0 Å². The molecule has 1 N–H and O–H groups in total. The van der Waals surface area contributed by atoms with Crippen LogP contribution in [0.15, 0.2) is 64.9 Å². The fourth-order valence-electron chi connectivity index (χ4n) is 3.36. The lowest BCUT2D eigenvalue weighted by Gasteiger charge is -2.15. The summed E-state index contributed by atoms with van der Waals surface area (Å²) < 4.78 is 33.7. The first-order chi connectivity index (χ1) is 15.5. The summed E-state index contributed by atoms with van der Waals surface area (Å²) in [6.07, 6.45) is 3.36. The molecule has 0 saturated carbocycles. The third-order valence-corrected chi connectivity index (χ3v) is 7.90. The molecule has 3 aromatic rings. The van der Waals surface area contributed by atoms with Crippen LogP contribution in [0.2, 0.25) is 0 Å². The number of sulfonamides is 1. The van der Waals surface area contributed by atoms with Crippen LogP contribution >= 0.6 is 11.8 Å². The Kier molecular flexibility index (Phi) is 6.77. The van der Waals surface area contributed by atoms with Gasteiger partial charge in [0.15, 0.2) is 5.16 Å². The number of methoxy groups -OCH3 is 1. The largest absolute Gasteiger partial charge is 0.497 e. The lowest BCUT2D eigenvalue weighted by Crippen LogP contribution is -2.27. The van der Waals surface area contributed by atoms with Gasteiger partial charge in [-0.3, -0.25) is 9.36 Å². The first-order valence-electron chi connectivity index (χ1n) is 10.0. The van der Waals surface area contributed by atoms with Crippen LogP contribution in [0, 0.1) is 0 Å². The number of anilines is 1. The topological polar surface area (TPSA) is 106 Å². The molecule has 4 rings (SSSR count). The normalized spacial score (nSPS) is 14.4. The first kappa shape index (κ1) is 22.3. The van der Waals surface area contributed by atoms with Crippen molar-refractivity contribution < 1.29 is 17.9 Å². The Morgan fingerprint density at radius 1 is 1.09 bits per heavy atom. The molecule has 32 heavy (non-hydrogen) atoms. The summed E-state index contributed by atoms with van der Waals surface area (Å²) in [5.74, 6) is 0.645. The number of thioether (sulfide) groups is 1. The molecule has 11 heteroatoms. The van der Waals surface area contributed by atoms with Gasteiger partial charge in [0, 0.05) is 24.5 Å². The van der Waals surface area contributed by atoms with Crippen LogP contribution in [0.1, 0.15) is 12.8 Å². The zero-order chi connectivity index (χ0) is 22.6. The van der Waals surface area contributed by atoms with Gasteiger partial charge < -0.3 is 10.1 Å². The second-order valence-electron chi connectivity index (χ2n) is 7.15. The quantitative estimate of drug-likeness (QED) is 0.502. The minimum Gasteiger partial charge on any atom is -0.497 e. The molecule has 1 aromatic heterocycles. The molecule has 1 aliphatic heterocycles. The number of nitrogens with zero attached hydrogens (tertiary/aromatic N) is 4. The zero-order valence-electron chi connectivity index (χ0n) is 17.5. The summed E-state index contributed by atoms with van der Waals surface area (Å²) in [5, 5.41) is 11.4. The average molecular weight is 474 g/mol. The summed E-state index contributed by atoms with van der Waals surface area (Å²) in [7, 11) is -1.86. The molecule has 1 saturated heterocycles. The predicted molar refractivity (Wildman–Crippen MR) is 122 cm³/mol. The standard InChI is InChI=1S/C21H23N5O4S2/c1-30-18-8-6-17(7-9-18)26-15-22-24-21(26)31-14-20(27)23-16-4-10-19(11-5-16)32(28,29)25-12-2-3-13-25/h4-11,15H,2-3,12-14H2,1H3,(H,23,27). The van der Waals surface area contributed by atoms with Crippen LogP contribution in [-0.2, 0) is 14.8 Å². The van der Waals surface area contributed by atoms with Crippen molar-refractivity contribution in [3.8, 4) is 11.4 Å². The summed E-state index contributed by atoms with van der Waals surface area (Å²) in [6.45, 7) is 1.11. The van der Waals surface area contributed by atoms with Crippen LogP contribution in [0.25, 0.3) is 5.69 Å². The zero-order valence-corrected chi connectivity index (χ0v) is 19.1. The molecule has 0 spiro atoms. The molecule has 168 valence electrons. The van der Waals surface area contributed by atoms with E-state index in [2.05, 4.69) is 15.5 Å². The Labute approximate surface area is 190 Å². The van der Waals surface area contributed by atoms with E-state index in [1.54, 1.807) is 30.1 Å². The van der Waals surface area contributed by atoms with E-state index in [-0.39, 0.29) is 16.6 Å². The van der Waals surface area contributed by atoms with Gasteiger partial charge in [-0.05, 0) is 61.4 Å². The molecule has 1 fully saturated rings. The number of amides is 1. The second-order valence-corrected chi connectivity index (χ2v) is 10.0. The highest BCUT2D eigenvalue weighted by atomic mass is 32.2. The van der Waals surface area contributed by atoms with E-state index >= 15 is 0 Å². The Balaban J connectivity index is 1.35. The maximum absolute atomic E-state index is 12.6. The lowest BCUT2D eigenvalue weighted by atomic mass is 10.3. The van der Waals surface area contributed by atoms with E-state index in [0.29, 0.717) is 23.9 Å². The number of ether oxygens (including phenoxy) is 1. The van der Waals surface area contributed by atoms with Crippen molar-refractivity contribution >= 4 is 33.4 Å². The number of nitrogens with one attached hydrogen (secondary N) is 1. The predicted octanol–water partition coefficient (Wildman–Crippen LogP) is 2.79. The van der Waals surface area contributed by atoms with E-state index < -0.39 is 10.0 Å². The van der Waals surface area contributed by atoms with Crippen molar-refractivity contribution in [3.05, 3.63) is 54.9 Å². The van der Waals surface area contributed by atoms with Crippen LogP contribution in [-0.4, -0.2) is 59.3 Å². The number of carbonyl (C=O) groups is 1. The second kappa shape index (κ2) is 9.72. The minimum atomic E-state index is -3.47. The molecule has 0 aliphatic carbocycles. The van der Waals surface area contributed by atoms with Gasteiger partial charge in [-0.15, -0.1) is 10.2 Å². The van der Waals surface area contributed by atoms with E-state index in [9.17, 15) is 13.2 Å². The van der Waals surface area contributed by atoms with Gasteiger partial charge >= 0.3 is 0 Å². The van der Waals surface area contributed by atoms with Crippen LogP contribution in [0.4, 0.5) is 5.69 Å². The fraction of sp³-hybridized carbons (Fsp3) is 0.286. The highest BCUT2D eigenvalue weighted by Gasteiger charge is 2.26. The van der Waals surface area contributed by atoms with Gasteiger partial charge in [-0.2, -0.15) is 4.31 Å². The number of hydrogen-bond acceptors (Lipinski definition) is 7. The summed E-state index contributed by atoms with van der Waals surface area (Å²) in [5.41, 5.74) is 1.39. The maximum Gasteiger partial charge on any atom is 0.243 e. The number of aromatic nitrogens is 3. The maximum atomic E-state index is 12.6. The third-order valence-electron chi connectivity index (χ3n) is 5.04. The summed E-state index contributed by atoms with van der Waals surface area (Å²) in [4.78, 5) is 12.6. The van der Waals surface area contributed by atoms with Crippen LogP contribution < -0.4 is 10.1 Å². The van der Waals surface area contributed by atoms with E-state index in [0.717, 1.165) is 24.3 Å². The molecule has 0 atom stereocenters. The molecule has 0 bridgehead atoms. The molecule has 9 nitrogen and oxygen atoms in total. The van der Waals surface area contributed by atoms with Crippen LogP contribution in [0.3, 0.4) is 0 Å². The van der Waals surface area contributed by atoms with Gasteiger partial charge in [-0.1, -0.05) is 11.8 Å². The van der Waals surface area contributed by atoms with E-state index in [1.165, 1.54) is 28.2 Å². The summed E-state index contributed by atoms with van der Waals surface area (Å²) in [6, 6.07) is 13.7. The third kappa shape index (κ3) is 4.95. The SMILES string of the molecule is COc1ccc(-n2cnnc2SCC(=O)Nc2ccc(S(=O)(=O)N3CCCC3)cc2)cc1. The highest BCUT2D eigenvalue weighted by molar-refractivity contribution is 7.99. The van der Waals surface area contributed by atoms with E-state index in [1.807, 2.05) is 24.3 Å². The van der Waals surface area contributed by atoms with Crippen molar-refractivity contribution in [2.45, 2.75) is 22.9 Å². The van der Waals surface area contributed by atoms with Crippen molar-refractivity contribution in [3.63, 3.8) is 0 Å². The molecule has 2 heterocycles. The van der Waals surface area contributed by atoms with Gasteiger partial charge in [0.05, 0.1) is 17.8 Å². The molecule has 2 aromatic carbocycles. The Hall–Kier alpha value is -2.89. The van der Waals surface area contributed by atoms with Crippen molar-refractivity contribution in [2.24, 2.45) is 0 Å². The Morgan fingerprint density at radius 2 is 1.78 bits per heavy atom. The number of carbonyl (C=O) groups excluding carboxylic acids is 1. The number of hydrogen-bond donors (Lipinski definition) is 1. The molecular weight excluding hydrogens is 450 g/mol. The van der Waals surface area contributed by atoms with Crippen LogP contribution in [0.5, 0.6) is 5.75 Å². The fourth-order valence-corrected chi connectivity index (χ4v) is 5.60. The molecule has 0 unspecified atom stereocenters. The molecule has 0 radical (unpaired) electrons. The number of benzene rings is 2. The Morgan fingerprint density at radius 3 is 2.44 bits per heavy atom. The molecule has 1 aliphatic rings. The molecule has 1 amide bonds.